The monoisotopic (exact) mass is 374 g/mol. The molecular formula is C20H30N4O3. The minimum atomic E-state index is -0.344. The second-order valence-corrected chi connectivity index (χ2v) is 7.47. The van der Waals surface area contributed by atoms with E-state index >= 15 is 0 Å². The topological polar surface area (TPSA) is 86.6 Å². The number of benzene rings is 1. The van der Waals surface area contributed by atoms with Gasteiger partial charge in [-0.1, -0.05) is 13.8 Å². The highest BCUT2D eigenvalue weighted by atomic mass is 16.5. The first-order chi connectivity index (χ1) is 12.9. The lowest BCUT2D eigenvalue weighted by Crippen LogP contribution is -2.48. The van der Waals surface area contributed by atoms with Gasteiger partial charge >= 0.3 is 6.03 Å². The zero-order valence-corrected chi connectivity index (χ0v) is 16.6. The predicted octanol–water partition coefficient (Wildman–Crippen LogP) is 2.82. The molecule has 2 N–H and O–H groups in total. The van der Waals surface area contributed by atoms with Gasteiger partial charge in [-0.15, -0.1) is 0 Å². The standard InChI is InChI=1S/C20H30N4O3/c1-14(2)12-24-7-8-26-17(13-24)11-22-20(25)23-18-9-16(10-21)5-6-19(18)27-15(3)4/h5-6,9,14-15,17H,7-8,11-13H2,1-4H3,(H2,22,23,25). The van der Waals surface area contributed by atoms with Crippen molar-refractivity contribution in [3.8, 4) is 11.8 Å². The number of carbonyl (C=O) groups is 1. The van der Waals surface area contributed by atoms with Gasteiger partial charge in [-0.2, -0.15) is 5.26 Å². The first-order valence-corrected chi connectivity index (χ1v) is 9.47. The zero-order valence-electron chi connectivity index (χ0n) is 16.6. The number of nitriles is 1. The third-order valence-corrected chi connectivity index (χ3v) is 4.06. The van der Waals surface area contributed by atoms with Crippen molar-refractivity contribution < 1.29 is 14.3 Å². The Bertz CT molecular complexity index is 670. The number of rotatable bonds is 7. The molecule has 148 valence electrons. The molecule has 1 aromatic carbocycles. The van der Waals surface area contributed by atoms with Crippen LogP contribution in [0.3, 0.4) is 0 Å². The maximum atomic E-state index is 12.3. The van der Waals surface area contributed by atoms with E-state index in [1.807, 2.05) is 13.8 Å². The Hall–Kier alpha value is -2.30. The summed E-state index contributed by atoms with van der Waals surface area (Å²) < 4.78 is 11.5. The Morgan fingerprint density at radius 1 is 1.41 bits per heavy atom. The molecule has 1 unspecified atom stereocenters. The molecule has 0 saturated carbocycles. The van der Waals surface area contributed by atoms with Gasteiger partial charge in [0.05, 0.1) is 36.1 Å². The summed E-state index contributed by atoms with van der Waals surface area (Å²) in [7, 11) is 0. The maximum absolute atomic E-state index is 12.3. The van der Waals surface area contributed by atoms with E-state index in [0.717, 1.165) is 19.6 Å². The normalized spacial score (nSPS) is 17.6. The van der Waals surface area contributed by atoms with Crippen LogP contribution in [-0.4, -0.2) is 55.9 Å². The van der Waals surface area contributed by atoms with Crippen molar-refractivity contribution in [1.29, 1.82) is 5.26 Å². The predicted molar refractivity (Wildman–Crippen MR) is 105 cm³/mol. The van der Waals surface area contributed by atoms with E-state index in [9.17, 15) is 4.79 Å². The summed E-state index contributed by atoms with van der Waals surface area (Å²) in [6.07, 6.45) is -0.0656. The molecule has 0 aromatic heterocycles. The maximum Gasteiger partial charge on any atom is 0.319 e. The molecule has 7 heteroatoms. The average molecular weight is 374 g/mol. The van der Waals surface area contributed by atoms with Crippen molar-refractivity contribution in [3.05, 3.63) is 23.8 Å². The summed E-state index contributed by atoms with van der Waals surface area (Å²) >= 11 is 0. The van der Waals surface area contributed by atoms with Crippen LogP contribution in [0.25, 0.3) is 0 Å². The Balaban J connectivity index is 1.90. The van der Waals surface area contributed by atoms with Gasteiger partial charge in [-0.3, -0.25) is 4.90 Å². The van der Waals surface area contributed by atoms with Gasteiger partial charge in [0, 0.05) is 26.2 Å². The van der Waals surface area contributed by atoms with E-state index < -0.39 is 0 Å². The Labute approximate surface area is 161 Å². The molecule has 2 amide bonds. The molecule has 0 radical (unpaired) electrons. The SMILES string of the molecule is CC(C)CN1CCOC(CNC(=O)Nc2cc(C#N)ccc2OC(C)C)C1. The van der Waals surface area contributed by atoms with Crippen molar-refractivity contribution in [2.45, 2.75) is 39.9 Å². The van der Waals surface area contributed by atoms with Gasteiger partial charge in [0.15, 0.2) is 0 Å². The van der Waals surface area contributed by atoms with E-state index in [2.05, 4.69) is 35.5 Å². The van der Waals surface area contributed by atoms with Crippen LogP contribution in [0.4, 0.5) is 10.5 Å². The molecule has 0 spiro atoms. The van der Waals surface area contributed by atoms with Crippen molar-refractivity contribution in [3.63, 3.8) is 0 Å². The van der Waals surface area contributed by atoms with Crippen molar-refractivity contribution >= 4 is 11.7 Å². The molecule has 2 rings (SSSR count). The Morgan fingerprint density at radius 2 is 2.19 bits per heavy atom. The molecule has 0 aliphatic carbocycles. The molecular weight excluding hydrogens is 344 g/mol. The Morgan fingerprint density at radius 3 is 2.85 bits per heavy atom. The second kappa shape index (κ2) is 10.1. The summed E-state index contributed by atoms with van der Waals surface area (Å²) in [5, 5.41) is 14.7. The lowest BCUT2D eigenvalue weighted by molar-refractivity contribution is -0.0288. The van der Waals surface area contributed by atoms with Crippen LogP contribution in [0.15, 0.2) is 18.2 Å². The summed E-state index contributed by atoms with van der Waals surface area (Å²) in [6, 6.07) is 6.70. The molecule has 1 fully saturated rings. The summed E-state index contributed by atoms with van der Waals surface area (Å²) in [6.45, 7) is 12.1. The van der Waals surface area contributed by atoms with Crippen LogP contribution in [0, 0.1) is 17.2 Å². The fraction of sp³-hybridized carbons (Fsp3) is 0.600. The number of urea groups is 1. The first kappa shape index (κ1) is 21.0. The molecule has 0 bridgehead atoms. The number of anilines is 1. The van der Waals surface area contributed by atoms with Crippen molar-refractivity contribution in [2.24, 2.45) is 5.92 Å². The van der Waals surface area contributed by atoms with Crippen LogP contribution in [0.2, 0.25) is 0 Å². The van der Waals surface area contributed by atoms with Gasteiger partial charge in [0.2, 0.25) is 0 Å². The molecule has 1 aliphatic heterocycles. The molecule has 27 heavy (non-hydrogen) atoms. The lowest BCUT2D eigenvalue weighted by atomic mass is 10.2. The van der Waals surface area contributed by atoms with Gasteiger partial charge in [-0.05, 0) is 38.0 Å². The van der Waals surface area contributed by atoms with Gasteiger partial charge in [-0.25, -0.2) is 4.79 Å². The zero-order chi connectivity index (χ0) is 19.8. The number of nitrogens with zero attached hydrogens (tertiary/aromatic N) is 2. The fourth-order valence-electron chi connectivity index (χ4n) is 3.01. The number of amides is 2. The Kier molecular flexibility index (Phi) is 7.89. The number of hydrogen-bond acceptors (Lipinski definition) is 5. The van der Waals surface area contributed by atoms with Crippen LogP contribution in [-0.2, 0) is 4.74 Å². The highest BCUT2D eigenvalue weighted by Crippen LogP contribution is 2.26. The number of morpholine rings is 1. The van der Waals surface area contributed by atoms with Crippen molar-refractivity contribution in [2.75, 3.05) is 38.1 Å². The van der Waals surface area contributed by atoms with Crippen LogP contribution >= 0.6 is 0 Å². The average Bonchev–Trinajstić information content (AvgIpc) is 2.61. The number of hydrogen-bond donors (Lipinski definition) is 2. The van der Waals surface area contributed by atoms with E-state index in [4.69, 9.17) is 14.7 Å². The highest BCUT2D eigenvalue weighted by Gasteiger charge is 2.21. The number of nitrogens with one attached hydrogen (secondary N) is 2. The first-order valence-electron chi connectivity index (χ1n) is 9.47. The van der Waals surface area contributed by atoms with E-state index in [-0.39, 0.29) is 18.2 Å². The van der Waals surface area contributed by atoms with Crippen LogP contribution in [0.1, 0.15) is 33.3 Å². The van der Waals surface area contributed by atoms with E-state index in [1.54, 1.807) is 18.2 Å². The largest absolute Gasteiger partial charge is 0.489 e. The fourth-order valence-corrected chi connectivity index (χ4v) is 3.01. The quantitative estimate of drug-likeness (QED) is 0.766. The van der Waals surface area contributed by atoms with E-state index in [0.29, 0.717) is 36.1 Å². The minimum absolute atomic E-state index is 0.0277. The lowest BCUT2D eigenvalue weighted by Gasteiger charge is -2.33. The summed E-state index contributed by atoms with van der Waals surface area (Å²) in [5.74, 6) is 1.14. The minimum Gasteiger partial charge on any atom is -0.489 e. The van der Waals surface area contributed by atoms with Gasteiger partial charge < -0.3 is 20.1 Å². The van der Waals surface area contributed by atoms with Crippen molar-refractivity contribution in [1.82, 2.24) is 10.2 Å². The smallest absolute Gasteiger partial charge is 0.319 e. The third-order valence-electron chi connectivity index (χ3n) is 4.06. The van der Waals surface area contributed by atoms with Crippen LogP contribution < -0.4 is 15.4 Å². The molecule has 7 nitrogen and oxygen atoms in total. The van der Waals surface area contributed by atoms with Gasteiger partial charge in [0.1, 0.15) is 5.75 Å². The second-order valence-electron chi connectivity index (χ2n) is 7.47. The molecule has 1 aromatic rings. The third kappa shape index (κ3) is 7.08. The van der Waals surface area contributed by atoms with E-state index in [1.165, 1.54) is 0 Å². The molecule has 1 saturated heterocycles. The van der Waals surface area contributed by atoms with Gasteiger partial charge in [0.25, 0.3) is 0 Å². The highest BCUT2D eigenvalue weighted by molar-refractivity contribution is 5.91. The number of ether oxygens (including phenoxy) is 2. The molecule has 1 atom stereocenters. The summed E-state index contributed by atoms with van der Waals surface area (Å²) in [5.41, 5.74) is 0.938. The summed E-state index contributed by atoms with van der Waals surface area (Å²) in [4.78, 5) is 14.7. The molecule has 1 heterocycles. The molecule has 1 aliphatic rings. The number of carbonyl (C=O) groups excluding carboxylic acids is 1. The van der Waals surface area contributed by atoms with Crippen LogP contribution in [0.5, 0.6) is 5.75 Å².